The van der Waals surface area contributed by atoms with Crippen molar-refractivity contribution in [2.24, 2.45) is 0 Å². The van der Waals surface area contributed by atoms with Gasteiger partial charge >= 0.3 is 0 Å². The Morgan fingerprint density at radius 2 is 2.38 bits per heavy atom. The molecule has 1 unspecified atom stereocenters. The highest BCUT2D eigenvalue weighted by Gasteiger charge is 2.20. The maximum atomic E-state index is 12.3. The summed E-state index contributed by atoms with van der Waals surface area (Å²) in [5, 5.41) is 5.97. The number of aromatic nitrogens is 1. The summed E-state index contributed by atoms with van der Waals surface area (Å²) in [5.74, 6) is -0.121. The van der Waals surface area contributed by atoms with Gasteiger partial charge in [-0.15, -0.1) is 0 Å². The van der Waals surface area contributed by atoms with Gasteiger partial charge in [0.25, 0.3) is 5.91 Å². The summed E-state index contributed by atoms with van der Waals surface area (Å²) in [4.78, 5) is 18.8. The number of pyridine rings is 1. The summed E-state index contributed by atoms with van der Waals surface area (Å²) < 4.78 is 5.68. The lowest BCUT2D eigenvalue weighted by molar-refractivity contribution is -0.0246. The van der Waals surface area contributed by atoms with Crippen molar-refractivity contribution in [1.82, 2.24) is 15.2 Å². The summed E-state index contributed by atoms with van der Waals surface area (Å²) in [6.07, 6.45) is 1.66. The highest BCUT2D eigenvalue weighted by molar-refractivity contribution is 5.99. The Balaban J connectivity index is 1.92. The highest BCUT2D eigenvalue weighted by atomic mass is 16.5. The van der Waals surface area contributed by atoms with Crippen molar-refractivity contribution >= 4 is 11.6 Å². The van der Waals surface area contributed by atoms with E-state index in [2.05, 4.69) is 27.4 Å². The number of nitrogens with zero attached hydrogens (tertiary/aromatic N) is 2. The molecule has 0 spiro atoms. The molecule has 1 amide bonds. The van der Waals surface area contributed by atoms with Gasteiger partial charge < -0.3 is 15.4 Å². The van der Waals surface area contributed by atoms with E-state index < -0.39 is 0 Å². The first-order chi connectivity index (χ1) is 10.1. The Morgan fingerprint density at radius 1 is 1.57 bits per heavy atom. The van der Waals surface area contributed by atoms with Crippen molar-refractivity contribution in [2.75, 3.05) is 45.2 Å². The van der Waals surface area contributed by atoms with Gasteiger partial charge in [-0.1, -0.05) is 6.92 Å². The summed E-state index contributed by atoms with van der Waals surface area (Å²) in [7, 11) is 1.80. The maximum Gasteiger partial charge on any atom is 0.255 e. The molecule has 21 heavy (non-hydrogen) atoms. The van der Waals surface area contributed by atoms with Crippen LogP contribution < -0.4 is 10.6 Å². The molecule has 1 saturated heterocycles. The minimum absolute atomic E-state index is 0.0547. The SMILES string of the molecule is CCN1CCOC(CNC(=O)c2cnc(C)cc2NC)C1. The fraction of sp³-hybridized carbons (Fsp3) is 0.600. The molecule has 0 aromatic carbocycles. The molecule has 6 nitrogen and oxygen atoms in total. The number of morpholine rings is 1. The third-order valence-corrected chi connectivity index (χ3v) is 3.72. The first kappa shape index (κ1) is 15.7. The Kier molecular flexibility index (Phi) is 5.52. The third-order valence-electron chi connectivity index (χ3n) is 3.72. The van der Waals surface area contributed by atoms with Gasteiger partial charge in [0.05, 0.1) is 24.0 Å². The summed E-state index contributed by atoms with van der Waals surface area (Å²) in [5.41, 5.74) is 2.23. The van der Waals surface area contributed by atoms with E-state index in [1.54, 1.807) is 13.2 Å². The molecule has 0 radical (unpaired) electrons. The lowest BCUT2D eigenvalue weighted by atomic mass is 10.2. The first-order valence-electron chi connectivity index (χ1n) is 7.40. The molecule has 2 heterocycles. The summed E-state index contributed by atoms with van der Waals surface area (Å²) in [6, 6.07) is 1.87. The predicted octanol–water partition coefficient (Wildman–Crippen LogP) is 0.882. The number of anilines is 1. The van der Waals surface area contributed by atoms with Gasteiger partial charge in [0.15, 0.2) is 0 Å². The lowest BCUT2D eigenvalue weighted by Gasteiger charge is -2.32. The zero-order valence-electron chi connectivity index (χ0n) is 13.0. The van der Waals surface area contributed by atoms with Crippen LogP contribution >= 0.6 is 0 Å². The smallest absolute Gasteiger partial charge is 0.255 e. The summed E-state index contributed by atoms with van der Waals surface area (Å²) >= 11 is 0. The monoisotopic (exact) mass is 292 g/mol. The van der Waals surface area contributed by atoms with Gasteiger partial charge in [-0.2, -0.15) is 0 Å². The van der Waals surface area contributed by atoms with Crippen LogP contribution in [0.15, 0.2) is 12.3 Å². The zero-order chi connectivity index (χ0) is 15.2. The van der Waals surface area contributed by atoms with E-state index in [4.69, 9.17) is 4.74 Å². The maximum absolute atomic E-state index is 12.3. The number of carbonyl (C=O) groups excluding carboxylic acids is 1. The van der Waals surface area contributed by atoms with Crippen LogP contribution in [0.2, 0.25) is 0 Å². The van der Waals surface area contributed by atoms with Crippen LogP contribution in [-0.4, -0.2) is 61.7 Å². The van der Waals surface area contributed by atoms with E-state index in [0.717, 1.165) is 37.6 Å². The van der Waals surface area contributed by atoms with Crippen LogP contribution in [0, 0.1) is 6.92 Å². The zero-order valence-corrected chi connectivity index (χ0v) is 13.0. The molecule has 0 bridgehead atoms. The third kappa shape index (κ3) is 4.15. The second-order valence-electron chi connectivity index (χ2n) is 5.22. The normalized spacial score (nSPS) is 19.3. The van der Waals surface area contributed by atoms with E-state index in [1.807, 2.05) is 13.0 Å². The fourth-order valence-electron chi connectivity index (χ4n) is 2.44. The minimum Gasteiger partial charge on any atom is -0.387 e. The molecular formula is C15H24N4O2. The molecule has 0 aliphatic carbocycles. The lowest BCUT2D eigenvalue weighted by Crippen LogP contribution is -2.47. The van der Waals surface area contributed by atoms with Gasteiger partial charge in [0.2, 0.25) is 0 Å². The number of hydrogen-bond acceptors (Lipinski definition) is 5. The Bertz CT molecular complexity index is 493. The molecule has 1 atom stereocenters. The number of ether oxygens (including phenoxy) is 1. The highest BCUT2D eigenvalue weighted by Crippen LogP contribution is 2.15. The number of amides is 1. The Hall–Kier alpha value is -1.66. The van der Waals surface area contributed by atoms with Gasteiger partial charge in [-0.05, 0) is 19.5 Å². The number of hydrogen-bond donors (Lipinski definition) is 2. The average Bonchev–Trinajstić information content (AvgIpc) is 2.52. The topological polar surface area (TPSA) is 66.5 Å². The Morgan fingerprint density at radius 3 is 3.10 bits per heavy atom. The van der Waals surface area contributed by atoms with Crippen molar-refractivity contribution < 1.29 is 9.53 Å². The number of likely N-dealkylation sites (N-methyl/N-ethyl adjacent to an activating group) is 1. The van der Waals surface area contributed by atoms with E-state index in [1.165, 1.54) is 0 Å². The van der Waals surface area contributed by atoms with E-state index in [9.17, 15) is 4.79 Å². The van der Waals surface area contributed by atoms with E-state index in [0.29, 0.717) is 12.1 Å². The molecule has 1 aliphatic rings. The van der Waals surface area contributed by atoms with Gasteiger partial charge in [-0.3, -0.25) is 14.7 Å². The quantitative estimate of drug-likeness (QED) is 0.843. The van der Waals surface area contributed by atoms with E-state index in [-0.39, 0.29) is 12.0 Å². The molecule has 0 saturated carbocycles. The average molecular weight is 292 g/mol. The van der Waals surface area contributed by atoms with Crippen molar-refractivity contribution in [1.29, 1.82) is 0 Å². The molecule has 1 aromatic rings. The van der Waals surface area contributed by atoms with E-state index >= 15 is 0 Å². The van der Waals surface area contributed by atoms with Crippen LogP contribution in [0.3, 0.4) is 0 Å². The van der Waals surface area contributed by atoms with Crippen LogP contribution in [0.1, 0.15) is 23.0 Å². The second-order valence-corrected chi connectivity index (χ2v) is 5.22. The van der Waals surface area contributed by atoms with Crippen LogP contribution in [0.25, 0.3) is 0 Å². The van der Waals surface area contributed by atoms with Gasteiger partial charge in [0.1, 0.15) is 0 Å². The van der Waals surface area contributed by atoms with Crippen LogP contribution in [0.5, 0.6) is 0 Å². The number of nitrogens with one attached hydrogen (secondary N) is 2. The molecule has 6 heteroatoms. The molecule has 1 aliphatic heterocycles. The van der Waals surface area contributed by atoms with Gasteiger partial charge in [-0.25, -0.2) is 0 Å². The van der Waals surface area contributed by atoms with Crippen LogP contribution in [0.4, 0.5) is 5.69 Å². The van der Waals surface area contributed by atoms with Gasteiger partial charge in [0, 0.05) is 38.6 Å². The molecule has 2 N–H and O–H groups in total. The first-order valence-corrected chi connectivity index (χ1v) is 7.40. The van der Waals surface area contributed by atoms with Crippen molar-refractivity contribution in [3.8, 4) is 0 Å². The van der Waals surface area contributed by atoms with Crippen molar-refractivity contribution in [3.63, 3.8) is 0 Å². The number of carbonyl (C=O) groups is 1. The predicted molar refractivity (Wildman–Crippen MR) is 82.7 cm³/mol. The standard InChI is InChI=1S/C15H24N4O2/c1-4-19-5-6-21-12(10-19)8-18-15(20)13-9-17-11(2)7-14(13)16-3/h7,9,12H,4-6,8,10H2,1-3H3,(H,16,17)(H,18,20). The molecule has 116 valence electrons. The molecule has 2 rings (SSSR count). The minimum atomic E-state index is -0.121. The molecule has 1 aromatic heterocycles. The van der Waals surface area contributed by atoms with Crippen LogP contribution in [-0.2, 0) is 4.74 Å². The molecule has 1 fully saturated rings. The number of aryl methyl sites for hydroxylation is 1. The second kappa shape index (κ2) is 7.38. The Labute approximate surface area is 125 Å². The van der Waals surface area contributed by atoms with Crippen molar-refractivity contribution in [3.05, 3.63) is 23.5 Å². The summed E-state index contributed by atoms with van der Waals surface area (Å²) in [6.45, 7) is 8.12. The largest absolute Gasteiger partial charge is 0.387 e. The fourth-order valence-corrected chi connectivity index (χ4v) is 2.44. The molecular weight excluding hydrogens is 268 g/mol. The van der Waals surface area contributed by atoms with Crippen molar-refractivity contribution in [2.45, 2.75) is 20.0 Å². The number of rotatable bonds is 5.